The summed E-state index contributed by atoms with van der Waals surface area (Å²) in [5, 5.41) is 12.7. The number of anilines is 1. The normalized spacial score (nSPS) is 19.7. The van der Waals surface area contributed by atoms with Crippen molar-refractivity contribution in [1.82, 2.24) is 0 Å². The summed E-state index contributed by atoms with van der Waals surface area (Å²) in [5.41, 5.74) is 5.83. The van der Waals surface area contributed by atoms with Crippen molar-refractivity contribution < 1.29 is 14.6 Å². The molecule has 4 N–H and O–H groups in total. The van der Waals surface area contributed by atoms with Crippen LogP contribution in [0.25, 0.3) is 0 Å². The van der Waals surface area contributed by atoms with Gasteiger partial charge in [0.15, 0.2) is 5.54 Å². The predicted octanol–water partition coefficient (Wildman–Crippen LogP) is 2.34. The number of nitrogens with one attached hydrogen (secondary N) is 1. The highest BCUT2D eigenvalue weighted by molar-refractivity contribution is 9.10. The maximum Gasteiger partial charge on any atom is 0.251 e. The van der Waals surface area contributed by atoms with Crippen molar-refractivity contribution in [1.29, 1.82) is 0 Å². The van der Waals surface area contributed by atoms with Gasteiger partial charge in [0.05, 0.1) is 0 Å². The summed E-state index contributed by atoms with van der Waals surface area (Å²) in [7, 11) is 0. The quantitative estimate of drug-likeness (QED) is 0.794. The van der Waals surface area contributed by atoms with Gasteiger partial charge in [0.25, 0.3) is 5.91 Å². The van der Waals surface area contributed by atoms with Gasteiger partial charge < -0.3 is 20.9 Å². The number of nitrogens with two attached hydrogens (primary N) is 1. The van der Waals surface area contributed by atoms with Crippen LogP contribution in [0.5, 0.6) is 11.5 Å². The highest BCUT2D eigenvalue weighted by Gasteiger charge is 2.46. The molecule has 3 rings (SSSR count). The molecule has 1 amide bonds. The van der Waals surface area contributed by atoms with Gasteiger partial charge in [0.2, 0.25) is 0 Å². The molecule has 0 radical (unpaired) electrons. The van der Waals surface area contributed by atoms with Crippen LogP contribution in [0.3, 0.4) is 0 Å². The zero-order valence-electron chi connectivity index (χ0n) is 11.0. The minimum Gasteiger partial charge on any atom is -0.508 e. The Hall–Kier alpha value is -2.21. The van der Waals surface area contributed by atoms with Crippen LogP contribution in [0, 0.1) is 0 Å². The molecule has 2 aromatic carbocycles. The third kappa shape index (κ3) is 2.31. The lowest BCUT2D eigenvalue weighted by molar-refractivity contribution is -0.122. The van der Waals surface area contributed by atoms with Gasteiger partial charge in [-0.3, -0.25) is 4.79 Å². The van der Waals surface area contributed by atoms with Gasteiger partial charge >= 0.3 is 0 Å². The fourth-order valence-electron chi connectivity index (χ4n) is 2.43. The molecule has 0 saturated heterocycles. The SMILES string of the molecule is NC(=O)C1(Nc2cccc(Br)c2)COc2cc(O)ccc21. The first-order chi connectivity index (χ1) is 10.0. The summed E-state index contributed by atoms with van der Waals surface area (Å²) in [6.07, 6.45) is 0. The Balaban J connectivity index is 2.06. The first-order valence-electron chi connectivity index (χ1n) is 6.31. The first-order valence-corrected chi connectivity index (χ1v) is 7.10. The van der Waals surface area contributed by atoms with Crippen molar-refractivity contribution in [2.45, 2.75) is 5.54 Å². The van der Waals surface area contributed by atoms with Crippen molar-refractivity contribution in [3.8, 4) is 11.5 Å². The van der Waals surface area contributed by atoms with Gasteiger partial charge in [-0.25, -0.2) is 0 Å². The fourth-order valence-corrected chi connectivity index (χ4v) is 2.83. The second-order valence-corrected chi connectivity index (χ2v) is 5.79. The van der Waals surface area contributed by atoms with Gasteiger partial charge in [0.1, 0.15) is 18.1 Å². The molecule has 1 aliphatic rings. The Morgan fingerprint density at radius 1 is 1.33 bits per heavy atom. The Morgan fingerprint density at radius 2 is 2.14 bits per heavy atom. The van der Waals surface area contributed by atoms with Gasteiger partial charge in [-0.2, -0.15) is 0 Å². The third-order valence-corrected chi connectivity index (χ3v) is 3.97. The minimum absolute atomic E-state index is 0.0770. The molecule has 1 atom stereocenters. The molecular weight excluding hydrogens is 336 g/mol. The summed E-state index contributed by atoms with van der Waals surface area (Å²) in [6.45, 7) is 0.0770. The van der Waals surface area contributed by atoms with Crippen molar-refractivity contribution in [2.24, 2.45) is 5.73 Å². The van der Waals surface area contributed by atoms with Crippen molar-refractivity contribution in [3.63, 3.8) is 0 Å². The van der Waals surface area contributed by atoms with Crippen molar-refractivity contribution in [2.75, 3.05) is 11.9 Å². The van der Waals surface area contributed by atoms with Crippen molar-refractivity contribution in [3.05, 3.63) is 52.5 Å². The van der Waals surface area contributed by atoms with Crippen LogP contribution in [-0.2, 0) is 10.3 Å². The second kappa shape index (κ2) is 4.96. The van der Waals surface area contributed by atoms with Gasteiger partial charge in [-0.1, -0.05) is 22.0 Å². The van der Waals surface area contributed by atoms with E-state index in [2.05, 4.69) is 21.2 Å². The zero-order valence-corrected chi connectivity index (χ0v) is 12.6. The fraction of sp³-hybridized carbons (Fsp3) is 0.133. The van der Waals surface area contributed by atoms with Crippen molar-refractivity contribution >= 4 is 27.5 Å². The molecule has 5 nitrogen and oxygen atoms in total. The monoisotopic (exact) mass is 348 g/mol. The van der Waals surface area contributed by atoms with Crippen LogP contribution in [0.1, 0.15) is 5.56 Å². The number of benzene rings is 2. The predicted molar refractivity (Wildman–Crippen MR) is 82.2 cm³/mol. The Morgan fingerprint density at radius 3 is 2.86 bits per heavy atom. The number of phenolic OH excluding ortho intramolecular Hbond substituents is 1. The number of hydrogen-bond acceptors (Lipinski definition) is 4. The topological polar surface area (TPSA) is 84.6 Å². The van der Waals surface area contributed by atoms with Crippen LogP contribution >= 0.6 is 15.9 Å². The largest absolute Gasteiger partial charge is 0.508 e. The Kier molecular flexibility index (Phi) is 3.25. The molecule has 1 unspecified atom stereocenters. The van der Waals surface area contributed by atoms with E-state index in [-0.39, 0.29) is 12.4 Å². The van der Waals surface area contributed by atoms with E-state index in [1.165, 1.54) is 12.1 Å². The molecular formula is C15H13BrN2O3. The average molecular weight is 349 g/mol. The van der Waals surface area contributed by atoms with Crippen LogP contribution in [0.15, 0.2) is 46.9 Å². The van der Waals surface area contributed by atoms with Gasteiger partial charge in [-0.15, -0.1) is 0 Å². The number of carbonyl (C=O) groups excluding carboxylic acids is 1. The number of ether oxygens (including phenoxy) is 1. The summed E-state index contributed by atoms with van der Waals surface area (Å²) >= 11 is 3.39. The molecule has 0 bridgehead atoms. The number of primary amides is 1. The van der Waals surface area contributed by atoms with Gasteiger partial charge in [0, 0.05) is 21.8 Å². The van der Waals surface area contributed by atoms with Crippen LogP contribution in [0.4, 0.5) is 5.69 Å². The summed E-state index contributed by atoms with van der Waals surface area (Å²) in [6, 6.07) is 12.1. The number of halogens is 1. The molecule has 1 heterocycles. The van der Waals surface area contributed by atoms with Crippen LogP contribution < -0.4 is 15.8 Å². The molecule has 1 aliphatic heterocycles. The van der Waals surface area contributed by atoms with E-state index in [1.807, 2.05) is 24.3 Å². The number of amides is 1. The van der Waals surface area contributed by atoms with Crippen LogP contribution in [0.2, 0.25) is 0 Å². The van der Waals surface area contributed by atoms with E-state index in [0.29, 0.717) is 11.3 Å². The van der Waals surface area contributed by atoms with E-state index in [0.717, 1.165) is 10.2 Å². The molecule has 21 heavy (non-hydrogen) atoms. The third-order valence-electron chi connectivity index (χ3n) is 3.47. The molecule has 6 heteroatoms. The number of hydrogen-bond donors (Lipinski definition) is 3. The van der Waals surface area contributed by atoms with Gasteiger partial charge in [-0.05, 0) is 30.3 Å². The van der Waals surface area contributed by atoms with Crippen LogP contribution in [-0.4, -0.2) is 17.6 Å². The molecule has 2 aromatic rings. The highest BCUT2D eigenvalue weighted by atomic mass is 79.9. The first kappa shape index (κ1) is 13.8. The second-order valence-electron chi connectivity index (χ2n) is 4.87. The standard InChI is InChI=1S/C15H13BrN2O3/c16-9-2-1-3-10(6-9)18-15(14(17)20)8-21-13-7-11(19)4-5-12(13)15/h1-7,18-19H,8H2,(H2,17,20). The summed E-state index contributed by atoms with van der Waals surface area (Å²) in [5.74, 6) is -0.000289. The van der Waals surface area contributed by atoms with E-state index >= 15 is 0 Å². The smallest absolute Gasteiger partial charge is 0.251 e. The average Bonchev–Trinajstić information content (AvgIpc) is 2.78. The minimum atomic E-state index is -1.15. The zero-order chi connectivity index (χ0) is 15.0. The number of fused-ring (bicyclic) bond motifs is 1. The highest BCUT2D eigenvalue weighted by Crippen LogP contribution is 2.41. The molecule has 108 valence electrons. The number of carbonyl (C=O) groups is 1. The number of phenols is 1. The maximum absolute atomic E-state index is 12.1. The molecule has 0 fully saturated rings. The summed E-state index contributed by atoms with van der Waals surface area (Å²) < 4.78 is 6.41. The van der Waals surface area contributed by atoms with E-state index in [9.17, 15) is 9.90 Å². The molecule has 0 aromatic heterocycles. The lowest BCUT2D eigenvalue weighted by Crippen LogP contribution is -2.49. The number of rotatable bonds is 3. The number of aromatic hydroxyl groups is 1. The Labute approximate surface area is 129 Å². The lowest BCUT2D eigenvalue weighted by Gasteiger charge is -2.27. The Bertz CT molecular complexity index is 720. The maximum atomic E-state index is 12.1. The lowest BCUT2D eigenvalue weighted by atomic mass is 9.90. The van der Waals surface area contributed by atoms with E-state index in [1.54, 1.807) is 6.07 Å². The summed E-state index contributed by atoms with van der Waals surface area (Å²) in [4.78, 5) is 12.1. The van der Waals surface area contributed by atoms with E-state index < -0.39 is 11.4 Å². The molecule has 0 spiro atoms. The molecule has 0 aliphatic carbocycles. The molecule has 0 saturated carbocycles. The van der Waals surface area contributed by atoms with E-state index in [4.69, 9.17) is 10.5 Å².